The van der Waals surface area contributed by atoms with Gasteiger partial charge in [0.15, 0.2) is 0 Å². The molecule has 2 amide bonds. The Hall–Kier alpha value is -2.30. The van der Waals surface area contributed by atoms with E-state index in [2.05, 4.69) is 48.5 Å². The van der Waals surface area contributed by atoms with Crippen LogP contribution in [0.15, 0.2) is 42.7 Å². The fraction of sp³-hybridized carbons (Fsp3) is 0.474. The summed E-state index contributed by atoms with van der Waals surface area (Å²) in [4.78, 5) is 14.3. The van der Waals surface area contributed by atoms with E-state index in [1.54, 1.807) is 6.20 Å². The molecular formula is C19H26N4O. The predicted molar refractivity (Wildman–Crippen MR) is 94.5 cm³/mol. The van der Waals surface area contributed by atoms with Gasteiger partial charge in [0, 0.05) is 32.0 Å². The lowest BCUT2D eigenvalue weighted by atomic mass is 9.92. The number of hydrogen-bond acceptors (Lipinski definition) is 2. The SMILES string of the molecule is CC1CC(C)CN(C(=O)NCc2ccc(Cn3cccn3)cc2)C1. The number of carbonyl (C=O) groups excluding carboxylic acids is 1. The van der Waals surface area contributed by atoms with E-state index in [1.165, 1.54) is 12.0 Å². The molecule has 1 N–H and O–H groups in total. The molecule has 1 fully saturated rings. The van der Waals surface area contributed by atoms with Gasteiger partial charge >= 0.3 is 6.03 Å². The molecule has 1 aliphatic rings. The van der Waals surface area contributed by atoms with Gasteiger partial charge in [0.1, 0.15) is 0 Å². The highest BCUT2D eigenvalue weighted by Gasteiger charge is 2.24. The fourth-order valence-electron chi connectivity index (χ4n) is 3.46. The third-order valence-electron chi connectivity index (χ3n) is 4.53. The topological polar surface area (TPSA) is 50.2 Å². The van der Waals surface area contributed by atoms with Crippen molar-refractivity contribution in [1.82, 2.24) is 20.0 Å². The first-order valence-corrected chi connectivity index (χ1v) is 8.68. The predicted octanol–water partition coefficient (Wildman–Crippen LogP) is 3.12. The first-order chi connectivity index (χ1) is 11.6. The molecule has 3 rings (SSSR count). The third-order valence-corrected chi connectivity index (χ3v) is 4.53. The maximum atomic E-state index is 12.3. The van der Waals surface area contributed by atoms with Crippen molar-refractivity contribution in [3.63, 3.8) is 0 Å². The van der Waals surface area contributed by atoms with Gasteiger partial charge < -0.3 is 10.2 Å². The Kier molecular flexibility index (Phi) is 5.18. The molecular weight excluding hydrogens is 300 g/mol. The number of amides is 2. The zero-order valence-corrected chi connectivity index (χ0v) is 14.5. The maximum absolute atomic E-state index is 12.3. The molecule has 24 heavy (non-hydrogen) atoms. The lowest BCUT2D eigenvalue weighted by molar-refractivity contribution is 0.146. The van der Waals surface area contributed by atoms with Gasteiger partial charge in [-0.05, 0) is 35.4 Å². The number of nitrogens with one attached hydrogen (secondary N) is 1. The molecule has 1 aliphatic heterocycles. The van der Waals surface area contributed by atoms with Crippen molar-refractivity contribution in [1.29, 1.82) is 0 Å². The summed E-state index contributed by atoms with van der Waals surface area (Å²) in [6.45, 7) is 7.49. The number of nitrogens with zero attached hydrogens (tertiary/aromatic N) is 3. The average molecular weight is 326 g/mol. The molecule has 0 spiro atoms. The fourth-order valence-corrected chi connectivity index (χ4v) is 3.46. The van der Waals surface area contributed by atoms with Crippen LogP contribution in [-0.2, 0) is 13.1 Å². The minimum atomic E-state index is 0.0500. The molecule has 1 aromatic heterocycles. The zero-order chi connectivity index (χ0) is 16.9. The van der Waals surface area contributed by atoms with Crippen LogP contribution < -0.4 is 5.32 Å². The number of carbonyl (C=O) groups is 1. The first kappa shape index (κ1) is 16.6. The number of hydrogen-bond donors (Lipinski definition) is 1. The molecule has 0 saturated carbocycles. The molecule has 2 unspecified atom stereocenters. The molecule has 1 aromatic carbocycles. The summed E-state index contributed by atoms with van der Waals surface area (Å²) in [5.41, 5.74) is 2.32. The van der Waals surface area contributed by atoms with Gasteiger partial charge in [0.05, 0.1) is 6.54 Å². The Balaban J connectivity index is 1.50. The summed E-state index contributed by atoms with van der Waals surface area (Å²) < 4.78 is 1.90. The van der Waals surface area contributed by atoms with Crippen molar-refractivity contribution in [3.05, 3.63) is 53.9 Å². The van der Waals surface area contributed by atoms with Crippen molar-refractivity contribution < 1.29 is 4.79 Å². The first-order valence-electron chi connectivity index (χ1n) is 8.68. The lowest BCUT2D eigenvalue weighted by Crippen LogP contribution is -2.47. The second kappa shape index (κ2) is 7.51. The summed E-state index contributed by atoms with van der Waals surface area (Å²) in [6.07, 6.45) is 4.95. The molecule has 128 valence electrons. The summed E-state index contributed by atoms with van der Waals surface area (Å²) in [5.74, 6) is 1.17. The number of benzene rings is 1. The lowest BCUT2D eigenvalue weighted by Gasteiger charge is -2.34. The highest BCUT2D eigenvalue weighted by Crippen LogP contribution is 2.20. The molecule has 1 saturated heterocycles. The van der Waals surface area contributed by atoms with Crippen molar-refractivity contribution in [2.45, 2.75) is 33.4 Å². The van der Waals surface area contributed by atoms with Gasteiger partial charge in [-0.25, -0.2) is 4.79 Å². The normalized spacial score (nSPS) is 20.8. The van der Waals surface area contributed by atoms with Crippen LogP contribution in [0.3, 0.4) is 0 Å². The summed E-state index contributed by atoms with van der Waals surface area (Å²) in [7, 11) is 0. The minimum Gasteiger partial charge on any atom is -0.334 e. The number of rotatable bonds is 4. The van der Waals surface area contributed by atoms with E-state index in [1.807, 2.05) is 21.8 Å². The molecule has 2 heterocycles. The van der Waals surface area contributed by atoms with Crippen LogP contribution in [0.2, 0.25) is 0 Å². The van der Waals surface area contributed by atoms with Crippen molar-refractivity contribution >= 4 is 6.03 Å². The van der Waals surface area contributed by atoms with E-state index in [-0.39, 0.29) is 6.03 Å². The van der Waals surface area contributed by atoms with Crippen LogP contribution in [0.5, 0.6) is 0 Å². The van der Waals surface area contributed by atoms with Gasteiger partial charge in [-0.2, -0.15) is 5.10 Å². The second-order valence-corrected chi connectivity index (χ2v) is 7.03. The zero-order valence-electron chi connectivity index (χ0n) is 14.5. The Morgan fingerprint density at radius 1 is 1.17 bits per heavy atom. The summed E-state index contributed by atoms with van der Waals surface area (Å²) >= 11 is 0. The van der Waals surface area contributed by atoms with Gasteiger partial charge in [-0.3, -0.25) is 4.68 Å². The van der Waals surface area contributed by atoms with E-state index < -0.39 is 0 Å². The van der Waals surface area contributed by atoms with E-state index in [0.29, 0.717) is 18.4 Å². The molecule has 0 aliphatic carbocycles. The smallest absolute Gasteiger partial charge is 0.317 e. The molecule has 5 nitrogen and oxygen atoms in total. The van der Waals surface area contributed by atoms with E-state index in [0.717, 1.165) is 25.2 Å². The monoisotopic (exact) mass is 326 g/mol. The van der Waals surface area contributed by atoms with Crippen molar-refractivity contribution in [2.24, 2.45) is 11.8 Å². The Morgan fingerprint density at radius 3 is 2.46 bits per heavy atom. The van der Waals surface area contributed by atoms with Gasteiger partial charge in [0.25, 0.3) is 0 Å². The number of likely N-dealkylation sites (tertiary alicyclic amines) is 1. The van der Waals surface area contributed by atoms with E-state index in [9.17, 15) is 4.79 Å². The van der Waals surface area contributed by atoms with Crippen LogP contribution in [0.1, 0.15) is 31.4 Å². The van der Waals surface area contributed by atoms with Gasteiger partial charge in [-0.15, -0.1) is 0 Å². The number of piperidine rings is 1. The summed E-state index contributed by atoms with van der Waals surface area (Å²) in [6, 6.07) is 10.3. The Bertz CT molecular complexity index is 641. The number of aromatic nitrogens is 2. The van der Waals surface area contributed by atoms with E-state index >= 15 is 0 Å². The van der Waals surface area contributed by atoms with Crippen LogP contribution >= 0.6 is 0 Å². The largest absolute Gasteiger partial charge is 0.334 e. The highest BCUT2D eigenvalue weighted by atomic mass is 16.2. The Morgan fingerprint density at radius 2 is 1.83 bits per heavy atom. The van der Waals surface area contributed by atoms with Crippen LogP contribution in [0, 0.1) is 11.8 Å². The molecule has 2 aromatic rings. The molecule has 0 radical (unpaired) electrons. The average Bonchev–Trinajstić information content (AvgIpc) is 3.06. The quantitative estimate of drug-likeness (QED) is 0.938. The van der Waals surface area contributed by atoms with Crippen LogP contribution in [0.4, 0.5) is 4.79 Å². The summed E-state index contributed by atoms with van der Waals surface area (Å²) in [5, 5.41) is 7.26. The van der Waals surface area contributed by atoms with E-state index in [4.69, 9.17) is 0 Å². The van der Waals surface area contributed by atoms with Crippen LogP contribution in [-0.4, -0.2) is 33.8 Å². The Labute approximate surface area is 143 Å². The second-order valence-electron chi connectivity index (χ2n) is 7.03. The van der Waals surface area contributed by atoms with Crippen molar-refractivity contribution in [2.75, 3.05) is 13.1 Å². The third kappa shape index (κ3) is 4.37. The molecule has 5 heteroatoms. The molecule has 0 bridgehead atoms. The molecule has 2 atom stereocenters. The number of urea groups is 1. The van der Waals surface area contributed by atoms with Gasteiger partial charge in [0.2, 0.25) is 0 Å². The van der Waals surface area contributed by atoms with Gasteiger partial charge in [-0.1, -0.05) is 38.1 Å². The highest BCUT2D eigenvalue weighted by molar-refractivity contribution is 5.74. The maximum Gasteiger partial charge on any atom is 0.317 e. The minimum absolute atomic E-state index is 0.0500. The standard InChI is InChI=1S/C19H26N4O/c1-15-10-16(2)13-22(12-15)19(24)20-11-17-4-6-18(7-5-17)14-23-9-3-8-21-23/h3-9,15-16H,10-14H2,1-2H3,(H,20,24). The van der Waals surface area contributed by atoms with Crippen LogP contribution in [0.25, 0.3) is 0 Å². The van der Waals surface area contributed by atoms with Crippen molar-refractivity contribution in [3.8, 4) is 0 Å².